The first-order valence-electron chi connectivity index (χ1n) is 12.5. The van der Waals surface area contributed by atoms with Crippen molar-refractivity contribution in [3.05, 3.63) is 0 Å². The van der Waals surface area contributed by atoms with Crippen molar-refractivity contribution in [1.82, 2.24) is 0 Å². The van der Waals surface area contributed by atoms with Crippen LogP contribution in [0.15, 0.2) is 0 Å². The topological polar surface area (TPSA) is 124 Å². The molecule has 5 atom stereocenters. The average molecular weight is 497 g/mol. The van der Waals surface area contributed by atoms with Gasteiger partial charge in [-0.05, 0) is 61.7 Å². The Morgan fingerprint density at radius 3 is 1.69 bits per heavy atom. The van der Waals surface area contributed by atoms with Crippen LogP contribution in [0.2, 0.25) is 0 Å². The van der Waals surface area contributed by atoms with Gasteiger partial charge in [0.2, 0.25) is 0 Å². The van der Waals surface area contributed by atoms with E-state index in [0.717, 1.165) is 37.0 Å². The third-order valence-electron chi connectivity index (χ3n) is 7.67. The van der Waals surface area contributed by atoms with Crippen LogP contribution in [0, 0.1) is 23.2 Å². The van der Waals surface area contributed by atoms with Gasteiger partial charge in [0.15, 0.2) is 24.6 Å². The van der Waals surface area contributed by atoms with Crippen molar-refractivity contribution in [3.63, 3.8) is 0 Å². The van der Waals surface area contributed by atoms with Gasteiger partial charge in [-0.3, -0.25) is 19.2 Å². The van der Waals surface area contributed by atoms with Gasteiger partial charge in [0.05, 0.1) is 6.61 Å². The van der Waals surface area contributed by atoms with Gasteiger partial charge in [-0.2, -0.15) is 0 Å². The zero-order valence-corrected chi connectivity index (χ0v) is 20.9. The second-order valence-electron chi connectivity index (χ2n) is 10.8. The molecule has 0 aromatic heterocycles. The van der Waals surface area contributed by atoms with Crippen LogP contribution < -0.4 is 0 Å². The van der Waals surface area contributed by atoms with Crippen LogP contribution in [-0.2, 0) is 47.6 Å². The lowest BCUT2D eigenvalue weighted by atomic mass is 9.50. The monoisotopic (exact) mass is 496 g/mol. The summed E-state index contributed by atoms with van der Waals surface area (Å²) in [4.78, 5) is 47.3. The number of carbonyl (C=O) groups is 4. The van der Waals surface area contributed by atoms with Crippen molar-refractivity contribution < 1.29 is 47.6 Å². The van der Waals surface area contributed by atoms with Crippen LogP contribution in [0.25, 0.3) is 0 Å². The molecule has 5 fully saturated rings. The van der Waals surface area contributed by atoms with Crippen molar-refractivity contribution in [2.45, 2.75) is 96.9 Å². The van der Waals surface area contributed by atoms with Gasteiger partial charge in [0.25, 0.3) is 0 Å². The van der Waals surface area contributed by atoms with Gasteiger partial charge in [0.1, 0.15) is 12.7 Å². The molecule has 4 bridgehead atoms. The lowest BCUT2D eigenvalue weighted by molar-refractivity contribution is -0.315. The summed E-state index contributed by atoms with van der Waals surface area (Å²) in [6.45, 7) is 5.05. The van der Waals surface area contributed by atoms with E-state index in [4.69, 9.17) is 28.4 Å². The molecule has 4 saturated carbocycles. The number of hydrogen-bond donors (Lipinski definition) is 0. The summed E-state index contributed by atoms with van der Waals surface area (Å²) in [7, 11) is 0. The molecule has 10 heteroatoms. The van der Waals surface area contributed by atoms with Crippen molar-refractivity contribution in [3.8, 4) is 0 Å². The third-order valence-corrected chi connectivity index (χ3v) is 7.67. The highest BCUT2D eigenvalue weighted by molar-refractivity contribution is 5.68. The van der Waals surface area contributed by atoms with Crippen LogP contribution >= 0.6 is 0 Å². The summed E-state index contributed by atoms with van der Waals surface area (Å²) in [5.74, 6) is -0.317. The lowest BCUT2D eigenvalue weighted by Crippen LogP contribution is -2.63. The van der Waals surface area contributed by atoms with Crippen LogP contribution in [0.1, 0.15) is 66.2 Å². The van der Waals surface area contributed by atoms with Gasteiger partial charge >= 0.3 is 23.9 Å². The number of rotatable bonds is 8. The molecule has 0 unspecified atom stereocenters. The van der Waals surface area contributed by atoms with Crippen molar-refractivity contribution in [2.75, 3.05) is 13.2 Å². The van der Waals surface area contributed by atoms with E-state index in [0.29, 0.717) is 6.61 Å². The molecular formula is C25H36O10. The van der Waals surface area contributed by atoms with Crippen molar-refractivity contribution in [2.24, 2.45) is 23.2 Å². The summed E-state index contributed by atoms with van der Waals surface area (Å²) < 4.78 is 33.9. The summed E-state index contributed by atoms with van der Waals surface area (Å²) >= 11 is 0. The van der Waals surface area contributed by atoms with Crippen molar-refractivity contribution in [1.29, 1.82) is 0 Å². The van der Waals surface area contributed by atoms with Crippen molar-refractivity contribution >= 4 is 23.9 Å². The zero-order chi connectivity index (χ0) is 25.3. The Morgan fingerprint density at radius 2 is 1.20 bits per heavy atom. The van der Waals surface area contributed by atoms with Crippen LogP contribution in [-0.4, -0.2) is 67.8 Å². The zero-order valence-electron chi connectivity index (χ0n) is 20.9. The highest BCUT2D eigenvalue weighted by Gasteiger charge is 2.55. The molecule has 10 nitrogen and oxygen atoms in total. The van der Waals surface area contributed by atoms with E-state index in [1.807, 2.05) is 0 Å². The lowest BCUT2D eigenvalue weighted by Gasteiger charge is -2.57. The van der Waals surface area contributed by atoms with Crippen LogP contribution in [0.3, 0.4) is 0 Å². The van der Waals surface area contributed by atoms with Crippen LogP contribution in [0.5, 0.6) is 0 Å². The molecule has 1 heterocycles. The SMILES string of the molecule is CC(=O)OC[C@H]1O[C@H](OCC23CC4CC(CC(C4)C2)C3)[C@H](OC(C)=O)[C@@H](OC(C)=O)[C@@H]1OC(C)=O. The molecule has 1 saturated heterocycles. The fourth-order valence-corrected chi connectivity index (χ4v) is 7.05. The molecule has 0 radical (unpaired) electrons. The maximum atomic E-state index is 12.0. The average Bonchev–Trinajstić information content (AvgIpc) is 2.72. The summed E-state index contributed by atoms with van der Waals surface area (Å²) in [5, 5.41) is 0. The number of esters is 4. The Bertz CT molecular complexity index is 803. The van der Waals surface area contributed by atoms with E-state index in [1.54, 1.807) is 0 Å². The number of ether oxygens (including phenoxy) is 6. The van der Waals surface area contributed by atoms with Gasteiger partial charge in [-0.25, -0.2) is 0 Å². The molecule has 196 valence electrons. The molecule has 5 rings (SSSR count). The third kappa shape index (κ3) is 6.14. The maximum absolute atomic E-state index is 12.0. The normalized spacial score (nSPS) is 39.5. The fourth-order valence-electron chi connectivity index (χ4n) is 7.05. The predicted molar refractivity (Wildman–Crippen MR) is 119 cm³/mol. The fraction of sp³-hybridized carbons (Fsp3) is 0.840. The first-order chi connectivity index (χ1) is 16.5. The summed E-state index contributed by atoms with van der Waals surface area (Å²) in [6.07, 6.45) is 1.57. The molecule has 0 N–H and O–H groups in total. The van der Waals surface area contributed by atoms with Gasteiger partial charge in [-0.1, -0.05) is 0 Å². The van der Waals surface area contributed by atoms with E-state index in [9.17, 15) is 19.2 Å². The molecule has 0 aromatic rings. The molecule has 4 aliphatic carbocycles. The maximum Gasteiger partial charge on any atom is 0.303 e. The molecule has 5 aliphatic rings. The molecule has 0 amide bonds. The Hall–Kier alpha value is -2.20. The van der Waals surface area contributed by atoms with E-state index >= 15 is 0 Å². The molecule has 0 aromatic carbocycles. The number of hydrogen-bond acceptors (Lipinski definition) is 10. The second kappa shape index (κ2) is 10.4. The predicted octanol–water partition coefficient (Wildman–Crippen LogP) is 2.30. The van der Waals surface area contributed by atoms with Gasteiger partial charge in [-0.15, -0.1) is 0 Å². The minimum absolute atomic E-state index is 0.0495. The minimum atomic E-state index is -1.20. The smallest absolute Gasteiger partial charge is 0.303 e. The molecule has 1 aliphatic heterocycles. The highest BCUT2D eigenvalue weighted by Crippen LogP contribution is 2.60. The molecule has 35 heavy (non-hydrogen) atoms. The Morgan fingerprint density at radius 1 is 0.714 bits per heavy atom. The second-order valence-corrected chi connectivity index (χ2v) is 10.8. The van der Waals surface area contributed by atoms with E-state index in [1.165, 1.54) is 47.0 Å². The summed E-state index contributed by atoms with van der Waals surface area (Å²) in [6, 6.07) is 0. The van der Waals surface area contributed by atoms with Gasteiger partial charge in [0, 0.05) is 27.7 Å². The molecule has 0 spiro atoms. The first-order valence-corrected chi connectivity index (χ1v) is 12.5. The Labute approximate surface area is 205 Å². The van der Waals surface area contributed by atoms with E-state index < -0.39 is 54.6 Å². The highest BCUT2D eigenvalue weighted by atomic mass is 16.7. The number of carbonyl (C=O) groups excluding carboxylic acids is 4. The largest absolute Gasteiger partial charge is 0.463 e. The first kappa shape index (κ1) is 25.9. The molecular weight excluding hydrogens is 460 g/mol. The Balaban J connectivity index is 1.57. The quantitative estimate of drug-likeness (QED) is 0.365. The van der Waals surface area contributed by atoms with E-state index in [2.05, 4.69) is 0 Å². The van der Waals surface area contributed by atoms with E-state index in [-0.39, 0.29) is 12.0 Å². The standard InChI is InChI=1S/C25H36O10/c1-13(26)30-11-20-21(32-14(2)27)22(33-15(3)28)23(34-16(4)29)24(35-20)31-12-25-8-17-5-18(9-25)7-19(6-17)10-25/h17-24H,5-12H2,1-4H3/t17?,18?,19?,20-,21-,22+,23-,24+,25?/m1/s1. The Kier molecular flexibility index (Phi) is 7.71. The minimum Gasteiger partial charge on any atom is -0.463 e. The van der Waals surface area contributed by atoms with Crippen LogP contribution in [0.4, 0.5) is 0 Å². The summed E-state index contributed by atoms with van der Waals surface area (Å²) in [5.41, 5.74) is 0.0495. The van der Waals surface area contributed by atoms with Gasteiger partial charge < -0.3 is 28.4 Å².